The lowest BCUT2D eigenvalue weighted by molar-refractivity contribution is 0.695. The fourth-order valence-electron chi connectivity index (χ4n) is 0.0680. The van der Waals surface area contributed by atoms with Gasteiger partial charge < -0.3 is 11.0 Å². The van der Waals surface area contributed by atoms with Gasteiger partial charge >= 0.3 is 0 Å². The van der Waals surface area contributed by atoms with Gasteiger partial charge in [-0.3, -0.25) is 0 Å². The number of nitrogens with two attached hydrogens (primary N) is 1. The van der Waals surface area contributed by atoms with E-state index in [9.17, 15) is 0 Å². The van der Waals surface area contributed by atoms with Gasteiger partial charge in [0.05, 0.1) is 0 Å². The van der Waals surface area contributed by atoms with E-state index >= 15 is 0 Å². The van der Waals surface area contributed by atoms with Crippen LogP contribution in [-0.2, 0) is 0 Å². The maximum absolute atomic E-state index is 5.14. The van der Waals surface area contributed by atoms with Crippen LogP contribution in [0.5, 0.6) is 0 Å². The Morgan fingerprint density at radius 3 is 2.50 bits per heavy atom. The van der Waals surface area contributed by atoms with E-state index in [1.165, 1.54) is 0 Å². The summed E-state index contributed by atoms with van der Waals surface area (Å²) in [6.45, 7) is 2.51. The summed E-state index contributed by atoms with van der Waals surface area (Å²) >= 11 is 0. The predicted molar refractivity (Wildman–Crippen MR) is 27.4 cm³/mol. The van der Waals surface area contributed by atoms with E-state index in [4.69, 9.17) is 13.7 Å². The molecule has 0 aromatic carbocycles. The summed E-state index contributed by atoms with van der Waals surface area (Å²) in [5.41, 5.74) is 5.14. The lowest BCUT2D eigenvalue weighted by Gasteiger charge is -2.02. The second kappa shape index (κ2) is 3.19. The van der Waals surface area contributed by atoms with Gasteiger partial charge in [0, 0.05) is 12.6 Å². The molecule has 2 radical (unpaired) electrons. The fourth-order valence-corrected chi connectivity index (χ4v) is 0.0680. The van der Waals surface area contributed by atoms with Crippen LogP contribution in [0.15, 0.2) is 0 Å². The highest BCUT2D eigenvalue weighted by Gasteiger charge is 1.86. The number of rotatable bonds is 2. The van der Waals surface area contributed by atoms with Crippen molar-refractivity contribution in [3.63, 3.8) is 0 Å². The van der Waals surface area contributed by atoms with Crippen LogP contribution in [-0.4, -0.2) is 20.6 Å². The maximum Gasteiger partial charge on any atom is 0.178 e. The van der Waals surface area contributed by atoms with E-state index in [0.29, 0.717) is 6.54 Å². The molecule has 0 bridgehead atoms. The lowest BCUT2D eigenvalue weighted by Crippen LogP contribution is -2.30. The topological polar surface area (TPSA) is 38.0 Å². The van der Waals surface area contributed by atoms with E-state index in [1.54, 1.807) is 0 Å². The average molecular weight is 83.9 g/mol. The van der Waals surface area contributed by atoms with Gasteiger partial charge in [0.25, 0.3) is 0 Å². The van der Waals surface area contributed by atoms with Crippen molar-refractivity contribution < 1.29 is 0 Å². The molecule has 0 rings (SSSR count). The van der Waals surface area contributed by atoms with E-state index in [2.05, 4.69) is 5.23 Å². The molecule has 0 amide bonds. The minimum Gasteiger partial charge on any atom is -0.363 e. The Morgan fingerprint density at radius 2 is 2.50 bits per heavy atom. The number of hydrogen-bond donors (Lipinski definition) is 2. The first-order chi connectivity index (χ1) is 2.81. The van der Waals surface area contributed by atoms with Gasteiger partial charge in [0.1, 0.15) is 0 Å². The molecule has 3 heteroatoms. The molecule has 0 aromatic rings. The third kappa shape index (κ3) is 2.24. The second-order valence-corrected chi connectivity index (χ2v) is 1.30. The van der Waals surface area contributed by atoms with Crippen molar-refractivity contribution in [1.82, 2.24) is 5.23 Å². The molecule has 0 aliphatic heterocycles. The normalized spacial score (nSPS) is 14.3. The van der Waals surface area contributed by atoms with Gasteiger partial charge in [0.15, 0.2) is 7.98 Å². The minimum absolute atomic E-state index is 0.241. The van der Waals surface area contributed by atoms with E-state index in [-0.39, 0.29) is 6.04 Å². The number of hydrogen-bond acceptors (Lipinski definition) is 2. The molecule has 2 nitrogen and oxygen atoms in total. The minimum atomic E-state index is 0.241. The molecule has 0 spiro atoms. The van der Waals surface area contributed by atoms with Crippen LogP contribution in [0.3, 0.4) is 0 Å². The summed E-state index contributed by atoms with van der Waals surface area (Å²) in [5.74, 6) is 0. The predicted octanol–water partition coefficient (Wildman–Crippen LogP) is -0.993. The first kappa shape index (κ1) is 5.98. The molecular weight excluding hydrogens is 74.9 g/mol. The molecule has 0 aliphatic rings. The molecule has 0 saturated carbocycles. The van der Waals surface area contributed by atoms with Crippen LogP contribution >= 0.6 is 0 Å². The highest BCUT2D eigenvalue weighted by atomic mass is 14.8. The molecule has 0 aromatic heterocycles. The van der Waals surface area contributed by atoms with Gasteiger partial charge in [-0.2, -0.15) is 0 Å². The standard InChI is InChI=1S/C3H9BN2/c1-3(2-5)6-4/h3,6H,2,5H2,1H3. The van der Waals surface area contributed by atoms with Crippen molar-refractivity contribution in [1.29, 1.82) is 0 Å². The molecule has 0 saturated heterocycles. The van der Waals surface area contributed by atoms with Crippen molar-refractivity contribution in [3.8, 4) is 0 Å². The van der Waals surface area contributed by atoms with Gasteiger partial charge in [0.2, 0.25) is 0 Å². The zero-order chi connectivity index (χ0) is 4.99. The van der Waals surface area contributed by atoms with Crippen molar-refractivity contribution >= 4 is 7.98 Å². The molecule has 0 heterocycles. The Labute approximate surface area is 39.5 Å². The smallest absolute Gasteiger partial charge is 0.178 e. The summed E-state index contributed by atoms with van der Waals surface area (Å²) in [6, 6.07) is 0.241. The van der Waals surface area contributed by atoms with Crippen molar-refractivity contribution in [2.45, 2.75) is 13.0 Å². The Hall–Kier alpha value is -0.0151. The van der Waals surface area contributed by atoms with E-state index < -0.39 is 0 Å². The fraction of sp³-hybridized carbons (Fsp3) is 1.00. The van der Waals surface area contributed by atoms with Gasteiger partial charge in [-0.15, -0.1) is 0 Å². The summed E-state index contributed by atoms with van der Waals surface area (Å²) in [6.07, 6.45) is 0. The molecule has 34 valence electrons. The maximum atomic E-state index is 5.14. The highest BCUT2D eigenvalue weighted by Crippen LogP contribution is 1.66. The van der Waals surface area contributed by atoms with Crippen LogP contribution in [0.2, 0.25) is 0 Å². The number of nitrogens with one attached hydrogen (secondary N) is 1. The third-order valence-electron chi connectivity index (χ3n) is 0.638. The second-order valence-electron chi connectivity index (χ2n) is 1.30. The molecule has 3 N–H and O–H groups in total. The first-order valence-corrected chi connectivity index (χ1v) is 1.97. The van der Waals surface area contributed by atoms with Crippen LogP contribution in [0, 0.1) is 0 Å². The zero-order valence-electron chi connectivity index (χ0n) is 3.94. The molecule has 1 unspecified atom stereocenters. The Bertz CT molecular complexity index is 28.0. The van der Waals surface area contributed by atoms with Crippen molar-refractivity contribution in [2.75, 3.05) is 6.54 Å². The first-order valence-electron chi connectivity index (χ1n) is 1.97. The van der Waals surface area contributed by atoms with Crippen LogP contribution in [0.4, 0.5) is 0 Å². The molecule has 6 heavy (non-hydrogen) atoms. The summed E-state index contributed by atoms with van der Waals surface area (Å²) in [5, 5.41) is 2.49. The summed E-state index contributed by atoms with van der Waals surface area (Å²) in [4.78, 5) is 0. The van der Waals surface area contributed by atoms with Gasteiger partial charge in [-0.1, -0.05) is 0 Å². The molecular formula is C3H9BN2. The third-order valence-corrected chi connectivity index (χ3v) is 0.638. The van der Waals surface area contributed by atoms with E-state index in [0.717, 1.165) is 0 Å². The van der Waals surface area contributed by atoms with Crippen LogP contribution < -0.4 is 11.0 Å². The van der Waals surface area contributed by atoms with Crippen LogP contribution in [0.1, 0.15) is 6.92 Å². The zero-order valence-corrected chi connectivity index (χ0v) is 3.94. The van der Waals surface area contributed by atoms with Gasteiger partial charge in [-0.25, -0.2) is 0 Å². The van der Waals surface area contributed by atoms with E-state index in [1.807, 2.05) is 6.92 Å². The lowest BCUT2D eigenvalue weighted by atomic mass is 10.3. The Balaban J connectivity index is 2.75. The van der Waals surface area contributed by atoms with Crippen molar-refractivity contribution in [3.05, 3.63) is 0 Å². The molecule has 1 atom stereocenters. The SMILES string of the molecule is [B]NC(C)CN. The van der Waals surface area contributed by atoms with Crippen LogP contribution in [0.25, 0.3) is 0 Å². The average Bonchev–Trinajstić information content (AvgIpc) is 1.65. The van der Waals surface area contributed by atoms with Crippen molar-refractivity contribution in [2.24, 2.45) is 5.73 Å². The van der Waals surface area contributed by atoms with Gasteiger partial charge in [-0.05, 0) is 6.92 Å². The quantitative estimate of drug-likeness (QED) is 0.421. The molecule has 0 aliphatic carbocycles. The summed E-state index contributed by atoms with van der Waals surface area (Å²) < 4.78 is 0. The summed E-state index contributed by atoms with van der Waals surface area (Å²) in [7, 11) is 4.95. The molecule has 0 fully saturated rings. The Kier molecular flexibility index (Phi) is 3.18. The monoisotopic (exact) mass is 84.1 g/mol. The highest BCUT2D eigenvalue weighted by molar-refractivity contribution is 6.04. The largest absolute Gasteiger partial charge is 0.363 e. The Morgan fingerprint density at radius 1 is 2.00 bits per heavy atom.